The summed E-state index contributed by atoms with van der Waals surface area (Å²) in [7, 11) is 0. The van der Waals surface area contributed by atoms with E-state index >= 15 is 0 Å². The first kappa shape index (κ1) is 17.6. The largest absolute Gasteiger partial charge is 0.461 e. The standard InChI is InChI=1S/C20H24O5/c1-6-9(2)19(22)24-14-8-11(4)15-13(21)7-10(3)16(15)18-17(14)12(5)20(23)25-18/h6-7,12,14,16-18H,8H2,1-5H3/b9-6+/t12-,14+,16-,17+,18-/m0/s1. The van der Waals surface area contributed by atoms with Gasteiger partial charge in [0.05, 0.1) is 5.92 Å². The molecule has 1 saturated heterocycles. The number of esters is 2. The maximum atomic E-state index is 12.4. The van der Waals surface area contributed by atoms with Gasteiger partial charge in [0.15, 0.2) is 5.78 Å². The van der Waals surface area contributed by atoms with Gasteiger partial charge in [0.2, 0.25) is 0 Å². The highest BCUT2D eigenvalue weighted by Gasteiger charge is 2.55. The van der Waals surface area contributed by atoms with Gasteiger partial charge in [-0.1, -0.05) is 24.1 Å². The molecule has 1 heterocycles. The van der Waals surface area contributed by atoms with Crippen molar-refractivity contribution in [1.82, 2.24) is 0 Å². The minimum absolute atomic E-state index is 0.0223. The zero-order valence-corrected chi connectivity index (χ0v) is 15.3. The van der Waals surface area contributed by atoms with Gasteiger partial charge in [0.1, 0.15) is 12.2 Å². The molecule has 0 bridgehead atoms. The highest BCUT2D eigenvalue weighted by atomic mass is 16.6. The van der Waals surface area contributed by atoms with Crippen LogP contribution in [0.4, 0.5) is 0 Å². The topological polar surface area (TPSA) is 69.7 Å². The Morgan fingerprint density at radius 2 is 2.00 bits per heavy atom. The van der Waals surface area contributed by atoms with E-state index < -0.39 is 12.2 Å². The lowest BCUT2D eigenvalue weighted by molar-refractivity contribution is -0.148. The lowest BCUT2D eigenvalue weighted by Gasteiger charge is -2.29. The Kier molecular flexibility index (Phi) is 4.43. The minimum atomic E-state index is -0.479. The van der Waals surface area contributed by atoms with Crippen molar-refractivity contribution >= 4 is 17.7 Å². The fourth-order valence-corrected chi connectivity index (χ4v) is 4.26. The molecule has 0 spiro atoms. The van der Waals surface area contributed by atoms with Crippen LogP contribution >= 0.6 is 0 Å². The predicted molar refractivity (Wildman–Crippen MR) is 91.4 cm³/mol. The molecule has 0 amide bonds. The second kappa shape index (κ2) is 6.28. The van der Waals surface area contributed by atoms with Gasteiger partial charge in [0.25, 0.3) is 0 Å². The van der Waals surface area contributed by atoms with E-state index in [4.69, 9.17) is 9.47 Å². The molecule has 0 aromatic carbocycles. The van der Waals surface area contributed by atoms with Crippen molar-refractivity contribution < 1.29 is 23.9 Å². The summed E-state index contributed by atoms with van der Waals surface area (Å²) in [6.07, 6.45) is 2.85. The monoisotopic (exact) mass is 344 g/mol. The molecule has 0 N–H and O–H groups in total. The van der Waals surface area contributed by atoms with Crippen molar-refractivity contribution in [3.05, 3.63) is 34.4 Å². The Bertz CT molecular complexity index is 739. The van der Waals surface area contributed by atoms with E-state index in [1.807, 2.05) is 20.8 Å². The third-order valence-corrected chi connectivity index (χ3v) is 5.74. The first-order chi connectivity index (χ1) is 11.8. The Labute approximate surface area is 147 Å². The van der Waals surface area contributed by atoms with Gasteiger partial charge in [-0.3, -0.25) is 9.59 Å². The second-order valence-electron chi connectivity index (χ2n) is 7.31. The van der Waals surface area contributed by atoms with Gasteiger partial charge < -0.3 is 9.47 Å². The number of hydrogen-bond acceptors (Lipinski definition) is 5. The Balaban J connectivity index is 2.02. The molecule has 2 aliphatic carbocycles. The molecule has 5 nitrogen and oxygen atoms in total. The summed E-state index contributed by atoms with van der Waals surface area (Å²) in [6.45, 7) is 9.09. The Hall–Kier alpha value is -2.17. The van der Waals surface area contributed by atoms with Crippen LogP contribution in [0.1, 0.15) is 41.0 Å². The van der Waals surface area contributed by atoms with E-state index in [2.05, 4.69) is 0 Å². The van der Waals surface area contributed by atoms with Crippen molar-refractivity contribution in [3.63, 3.8) is 0 Å². The zero-order chi connectivity index (χ0) is 18.5. The molecule has 5 atom stereocenters. The smallest absolute Gasteiger partial charge is 0.333 e. The number of carbonyl (C=O) groups is 3. The molecular weight excluding hydrogens is 320 g/mol. The molecule has 1 aliphatic heterocycles. The first-order valence-electron chi connectivity index (χ1n) is 8.72. The van der Waals surface area contributed by atoms with E-state index in [0.29, 0.717) is 17.6 Å². The summed E-state index contributed by atoms with van der Waals surface area (Å²) in [5.41, 5.74) is 3.05. The number of hydrogen-bond donors (Lipinski definition) is 0. The van der Waals surface area contributed by atoms with Crippen LogP contribution in [0, 0.1) is 17.8 Å². The van der Waals surface area contributed by atoms with Crippen LogP contribution < -0.4 is 0 Å². The average molecular weight is 344 g/mol. The lowest BCUT2D eigenvalue weighted by Crippen LogP contribution is -2.38. The third kappa shape index (κ3) is 2.75. The maximum Gasteiger partial charge on any atom is 0.333 e. The van der Waals surface area contributed by atoms with Gasteiger partial charge in [-0.15, -0.1) is 0 Å². The molecule has 1 fully saturated rings. The van der Waals surface area contributed by atoms with Crippen molar-refractivity contribution in [2.45, 2.75) is 53.2 Å². The minimum Gasteiger partial charge on any atom is -0.461 e. The maximum absolute atomic E-state index is 12.4. The molecule has 25 heavy (non-hydrogen) atoms. The number of ketones is 1. The molecule has 0 aromatic rings. The van der Waals surface area contributed by atoms with E-state index in [-0.39, 0.29) is 35.5 Å². The normalized spacial score (nSPS) is 35.0. The molecule has 0 saturated carbocycles. The molecule has 0 aromatic heterocycles. The predicted octanol–water partition coefficient (Wildman–Crippen LogP) is 2.91. The quantitative estimate of drug-likeness (QED) is 0.569. The number of ether oxygens (including phenoxy) is 2. The van der Waals surface area contributed by atoms with Gasteiger partial charge in [-0.05, 0) is 33.8 Å². The van der Waals surface area contributed by atoms with E-state index in [9.17, 15) is 14.4 Å². The van der Waals surface area contributed by atoms with Crippen LogP contribution in [0.2, 0.25) is 0 Å². The van der Waals surface area contributed by atoms with Crippen molar-refractivity contribution in [3.8, 4) is 0 Å². The molecule has 0 radical (unpaired) electrons. The number of rotatable bonds is 2. The number of carbonyl (C=O) groups excluding carboxylic acids is 3. The molecule has 3 aliphatic rings. The summed E-state index contributed by atoms with van der Waals surface area (Å²) in [4.78, 5) is 37.0. The fourth-order valence-electron chi connectivity index (χ4n) is 4.26. The zero-order valence-electron chi connectivity index (χ0n) is 15.3. The van der Waals surface area contributed by atoms with Gasteiger partial charge in [-0.25, -0.2) is 4.79 Å². The van der Waals surface area contributed by atoms with Gasteiger partial charge in [-0.2, -0.15) is 0 Å². The second-order valence-corrected chi connectivity index (χ2v) is 7.31. The Morgan fingerprint density at radius 1 is 1.32 bits per heavy atom. The number of allylic oxidation sites excluding steroid dienone is 2. The van der Waals surface area contributed by atoms with Crippen molar-refractivity contribution in [2.24, 2.45) is 17.8 Å². The van der Waals surface area contributed by atoms with Crippen LogP contribution in [0.5, 0.6) is 0 Å². The van der Waals surface area contributed by atoms with Gasteiger partial charge in [0, 0.05) is 29.4 Å². The van der Waals surface area contributed by atoms with E-state index in [1.54, 1.807) is 26.0 Å². The summed E-state index contributed by atoms with van der Waals surface area (Å²) < 4.78 is 11.4. The third-order valence-electron chi connectivity index (χ3n) is 5.74. The lowest BCUT2D eigenvalue weighted by atomic mass is 9.79. The van der Waals surface area contributed by atoms with Crippen molar-refractivity contribution in [2.75, 3.05) is 0 Å². The molecule has 0 unspecified atom stereocenters. The highest BCUT2D eigenvalue weighted by molar-refractivity contribution is 6.09. The van der Waals surface area contributed by atoms with Crippen LogP contribution in [0.15, 0.2) is 34.4 Å². The molecule has 134 valence electrons. The molecule has 3 rings (SSSR count). The summed E-state index contributed by atoms with van der Waals surface area (Å²) in [6, 6.07) is 0. The highest BCUT2D eigenvalue weighted by Crippen LogP contribution is 2.48. The fraction of sp³-hybridized carbons (Fsp3) is 0.550. The molecule has 5 heteroatoms. The Morgan fingerprint density at radius 3 is 2.64 bits per heavy atom. The summed E-state index contributed by atoms with van der Waals surface area (Å²) in [5.74, 6) is -1.55. The SMILES string of the molecule is C/C=C(\C)C(=O)O[C@@H]1CC(C)=C2C(=O)C=C(C)[C@@H]2[C@@H]2OC(=O)[C@@H](C)[C@@H]21. The van der Waals surface area contributed by atoms with Crippen LogP contribution in [-0.4, -0.2) is 29.9 Å². The van der Waals surface area contributed by atoms with E-state index in [1.165, 1.54) is 0 Å². The van der Waals surface area contributed by atoms with Crippen LogP contribution in [0.3, 0.4) is 0 Å². The average Bonchev–Trinajstić information content (AvgIpc) is 2.96. The van der Waals surface area contributed by atoms with Crippen molar-refractivity contribution in [1.29, 1.82) is 0 Å². The van der Waals surface area contributed by atoms with Crippen LogP contribution in [0.25, 0.3) is 0 Å². The summed E-state index contributed by atoms with van der Waals surface area (Å²) in [5, 5.41) is 0. The van der Waals surface area contributed by atoms with Crippen LogP contribution in [-0.2, 0) is 23.9 Å². The first-order valence-corrected chi connectivity index (χ1v) is 8.72. The number of fused-ring (bicyclic) bond motifs is 3. The van der Waals surface area contributed by atoms with Gasteiger partial charge >= 0.3 is 11.9 Å². The molecular formula is C20H24O5. The summed E-state index contributed by atoms with van der Waals surface area (Å²) >= 11 is 0. The van der Waals surface area contributed by atoms with E-state index in [0.717, 1.165) is 11.1 Å².